The van der Waals surface area contributed by atoms with Gasteiger partial charge in [-0.1, -0.05) is 18.2 Å². The minimum Gasteiger partial charge on any atom is -0.489 e. The first-order valence-electron chi connectivity index (χ1n) is 5.41. The van der Waals surface area contributed by atoms with Crippen LogP contribution in [0.4, 0.5) is 0 Å². The lowest BCUT2D eigenvalue weighted by atomic mass is 10.2. The van der Waals surface area contributed by atoms with Gasteiger partial charge in [0.25, 0.3) is 0 Å². The molecule has 2 unspecified atom stereocenters. The van der Waals surface area contributed by atoms with Gasteiger partial charge in [0.15, 0.2) is 0 Å². The Hall–Kier alpha value is -1.06. The molecule has 1 aromatic carbocycles. The van der Waals surface area contributed by atoms with E-state index in [-0.39, 0.29) is 12.1 Å². The molecule has 1 aromatic rings. The summed E-state index contributed by atoms with van der Waals surface area (Å²) in [5.74, 6) is 0.885. The molecule has 0 aliphatic heterocycles. The fourth-order valence-corrected chi connectivity index (χ4v) is 2.15. The third kappa shape index (κ3) is 2.49. The van der Waals surface area contributed by atoms with Crippen LogP contribution in [0.5, 0.6) is 5.75 Å². The minimum absolute atomic E-state index is 0.113. The van der Waals surface area contributed by atoms with Gasteiger partial charge in [0, 0.05) is 7.05 Å². The molecule has 0 bridgehead atoms. The zero-order chi connectivity index (χ0) is 10.7. The number of hydrogen-bond donors (Lipinski definition) is 1. The van der Waals surface area contributed by atoms with Crippen LogP contribution in [-0.2, 0) is 0 Å². The Balaban J connectivity index is 2.00. The zero-order valence-electron chi connectivity index (χ0n) is 8.97. The zero-order valence-corrected chi connectivity index (χ0v) is 8.97. The molecule has 0 aromatic heterocycles. The molecule has 0 heterocycles. The van der Waals surface area contributed by atoms with Crippen molar-refractivity contribution in [3.63, 3.8) is 0 Å². The molecule has 3 heteroatoms. The second-order valence-electron chi connectivity index (χ2n) is 4.04. The molecule has 3 nitrogen and oxygen atoms in total. The highest BCUT2D eigenvalue weighted by Crippen LogP contribution is 2.26. The van der Waals surface area contributed by atoms with Crippen molar-refractivity contribution >= 4 is 0 Å². The molecular weight excluding hydrogens is 190 g/mol. The third-order valence-corrected chi connectivity index (χ3v) is 2.93. The maximum atomic E-state index is 9.45. The second-order valence-corrected chi connectivity index (χ2v) is 4.04. The molecule has 2 rings (SSSR count). The number of para-hydroxylation sites is 1. The van der Waals surface area contributed by atoms with Crippen LogP contribution in [0, 0.1) is 0 Å². The summed E-state index contributed by atoms with van der Waals surface area (Å²) in [6, 6.07) is 9.92. The van der Waals surface area contributed by atoms with Crippen LogP contribution >= 0.6 is 0 Å². The summed E-state index contributed by atoms with van der Waals surface area (Å²) in [4.78, 5) is 0. The lowest BCUT2D eigenvalue weighted by molar-refractivity contribution is -0.122. The first-order chi connectivity index (χ1) is 7.27. The number of nitrogens with zero attached hydrogens (tertiary/aromatic N) is 1. The fourth-order valence-electron chi connectivity index (χ4n) is 2.15. The molecule has 82 valence electrons. The smallest absolute Gasteiger partial charge is 0.119 e. The Morgan fingerprint density at radius 2 is 2.00 bits per heavy atom. The Bertz CT molecular complexity index is 300. The maximum Gasteiger partial charge on any atom is 0.119 e. The third-order valence-electron chi connectivity index (χ3n) is 2.93. The quantitative estimate of drug-likeness (QED) is 0.772. The summed E-state index contributed by atoms with van der Waals surface area (Å²) < 4.78 is 5.85. The van der Waals surface area contributed by atoms with Gasteiger partial charge in [-0.25, -0.2) is 0 Å². The van der Waals surface area contributed by atoms with Crippen molar-refractivity contribution in [1.82, 2.24) is 5.06 Å². The van der Waals surface area contributed by atoms with E-state index in [9.17, 15) is 5.21 Å². The van der Waals surface area contributed by atoms with Crippen molar-refractivity contribution in [2.45, 2.75) is 31.4 Å². The van der Waals surface area contributed by atoms with Crippen LogP contribution in [0.1, 0.15) is 19.3 Å². The van der Waals surface area contributed by atoms with Crippen molar-refractivity contribution in [3.05, 3.63) is 30.3 Å². The average Bonchev–Trinajstić information content (AvgIpc) is 2.67. The molecule has 1 N–H and O–H groups in total. The molecule has 0 saturated heterocycles. The summed E-state index contributed by atoms with van der Waals surface area (Å²) in [5.41, 5.74) is 0. The summed E-state index contributed by atoms with van der Waals surface area (Å²) in [6.07, 6.45) is 3.25. The Labute approximate surface area is 90.2 Å². The molecule has 0 spiro atoms. The Morgan fingerprint density at radius 3 is 2.67 bits per heavy atom. The molecule has 1 saturated carbocycles. The van der Waals surface area contributed by atoms with Crippen molar-refractivity contribution in [2.75, 3.05) is 7.05 Å². The maximum absolute atomic E-state index is 9.45. The second kappa shape index (κ2) is 4.64. The van der Waals surface area contributed by atoms with Gasteiger partial charge in [-0.05, 0) is 31.4 Å². The van der Waals surface area contributed by atoms with E-state index >= 15 is 0 Å². The highest BCUT2D eigenvalue weighted by Gasteiger charge is 2.31. The van der Waals surface area contributed by atoms with Crippen LogP contribution < -0.4 is 4.74 Å². The topological polar surface area (TPSA) is 32.7 Å². The number of rotatable bonds is 3. The van der Waals surface area contributed by atoms with Gasteiger partial charge in [0.2, 0.25) is 0 Å². The Morgan fingerprint density at radius 1 is 1.27 bits per heavy atom. The number of likely N-dealkylation sites (N-methyl/N-ethyl adjacent to an activating group) is 1. The first-order valence-corrected chi connectivity index (χ1v) is 5.41. The first kappa shape index (κ1) is 10.5. The predicted molar refractivity (Wildman–Crippen MR) is 58.0 cm³/mol. The number of hydroxylamine groups is 2. The van der Waals surface area contributed by atoms with Crippen LogP contribution in [-0.4, -0.2) is 29.5 Å². The average molecular weight is 207 g/mol. The molecule has 2 atom stereocenters. The van der Waals surface area contributed by atoms with E-state index in [4.69, 9.17) is 4.74 Å². The van der Waals surface area contributed by atoms with E-state index < -0.39 is 0 Å². The van der Waals surface area contributed by atoms with E-state index in [1.54, 1.807) is 7.05 Å². The lowest BCUT2D eigenvalue weighted by Gasteiger charge is -2.25. The van der Waals surface area contributed by atoms with Gasteiger partial charge in [-0.3, -0.25) is 0 Å². The Kier molecular flexibility index (Phi) is 3.23. The van der Waals surface area contributed by atoms with E-state index in [1.807, 2.05) is 30.3 Å². The van der Waals surface area contributed by atoms with Crippen molar-refractivity contribution in [2.24, 2.45) is 0 Å². The SMILES string of the molecule is CN(O)C1CCCC1Oc1ccccc1. The number of ether oxygens (including phenoxy) is 1. The van der Waals surface area contributed by atoms with Crippen LogP contribution in [0.2, 0.25) is 0 Å². The van der Waals surface area contributed by atoms with Gasteiger partial charge in [0.1, 0.15) is 11.9 Å². The molecule has 0 amide bonds. The molecular formula is C12H17NO2. The van der Waals surface area contributed by atoms with E-state index in [0.717, 1.165) is 25.0 Å². The van der Waals surface area contributed by atoms with Crippen LogP contribution in [0.3, 0.4) is 0 Å². The summed E-state index contributed by atoms with van der Waals surface area (Å²) >= 11 is 0. The van der Waals surface area contributed by atoms with E-state index in [1.165, 1.54) is 5.06 Å². The van der Waals surface area contributed by atoms with Crippen molar-refractivity contribution in [1.29, 1.82) is 0 Å². The van der Waals surface area contributed by atoms with Gasteiger partial charge >= 0.3 is 0 Å². The van der Waals surface area contributed by atoms with Crippen molar-refractivity contribution < 1.29 is 9.94 Å². The molecule has 15 heavy (non-hydrogen) atoms. The largest absolute Gasteiger partial charge is 0.489 e. The summed E-state index contributed by atoms with van der Waals surface area (Å²) in [6.45, 7) is 0. The van der Waals surface area contributed by atoms with Gasteiger partial charge in [0.05, 0.1) is 6.04 Å². The normalized spacial score (nSPS) is 25.8. The number of hydrogen-bond acceptors (Lipinski definition) is 3. The minimum atomic E-state index is 0.113. The highest BCUT2D eigenvalue weighted by atomic mass is 16.5. The fraction of sp³-hybridized carbons (Fsp3) is 0.500. The van der Waals surface area contributed by atoms with Gasteiger partial charge in [-0.2, -0.15) is 5.06 Å². The monoisotopic (exact) mass is 207 g/mol. The van der Waals surface area contributed by atoms with Gasteiger partial charge < -0.3 is 9.94 Å². The molecule has 1 fully saturated rings. The van der Waals surface area contributed by atoms with E-state index in [2.05, 4.69) is 0 Å². The number of benzene rings is 1. The van der Waals surface area contributed by atoms with Crippen LogP contribution in [0.15, 0.2) is 30.3 Å². The van der Waals surface area contributed by atoms with Gasteiger partial charge in [-0.15, -0.1) is 0 Å². The molecule has 0 radical (unpaired) electrons. The summed E-state index contributed by atoms with van der Waals surface area (Å²) in [7, 11) is 1.69. The molecule has 1 aliphatic carbocycles. The van der Waals surface area contributed by atoms with Crippen LogP contribution in [0.25, 0.3) is 0 Å². The predicted octanol–water partition coefficient (Wildman–Crippen LogP) is 2.31. The standard InChI is InChI=1S/C12H17NO2/c1-13(14)11-8-5-9-12(11)15-10-6-3-2-4-7-10/h2-4,6-7,11-12,14H,5,8-9H2,1H3. The summed E-state index contributed by atoms with van der Waals surface area (Å²) in [5, 5.41) is 10.7. The van der Waals surface area contributed by atoms with Crippen molar-refractivity contribution in [3.8, 4) is 5.75 Å². The highest BCUT2D eigenvalue weighted by molar-refractivity contribution is 5.21. The lowest BCUT2D eigenvalue weighted by Crippen LogP contribution is -2.38. The molecule has 1 aliphatic rings. The van der Waals surface area contributed by atoms with E-state index in [0.29, 0.717) is 0 Å².